The molecule has 0 saturated carbocycles. The molecule has 0 N–H and O–H groups in total. The predicted octanol–water partition coefficient (Wildman–Crippen LogP) is 2.80. The molecule has 0 spiro atoms. The second-order valence-electron chi connectivity index (χ2n) is 5.20. The molecule has 1 heterocycles. The third-order valence-electron chi connectivity index (χ3n) is 3.33. The minimum Gasteiger partial charge on any atom is -0.383 e. The fourth-order valence-electron chi connectivity index (χ4n) is 2.16. The molecule has 0 aliphatic rings. The van der Waals surface area contributed by atoms with Gasteiger partial charge >= 0.3 is 0 Å². The molecule has 2 rings (SSSR count). The zero-order valence-corrected chi connectivity index (χ0v) is 14.5. The van der Waals surface area contributed by atoms with Gasteiger partial charge in [-0.05, 0) is 29.1 Å². The van der Waals surface area contributed by atoms with Gasteiger partial charge in [0.1, 0.15) is 0 Å². The normalized spacial score (nSPS) is 12.0. The maximum absolute atomic E-state index is 11.5. The summed E-state index contributed by atoms with van der Waals surface area (Å²) >= 11 is 1.74. The van der Waals surface area contributed by atoms with E-state index >= 15 is 0 Å². The Morgan fingerprint density at radius 3 is 2.41 bits per heavy atom. The van der Waals surface area contributed by atoms with E-state index in [0.717, 1.165) is 25.2 Å². The van der Waals surface area contributed by atoms with Crippen LogP contribution < -0.4 is 0 Å². The fraction of sp³-hybridized carbons (Fsp3) is 0.375. The van der Waals surface area contributed by atoms with E-state index in [0.29, 0.717) is 11.5 Å². The number of sulfone groups is 1. The smallest absolute Gasteiger partial charge is 0.175 e. The predicted molar refractivity (Wildman–Crippen MR) is 89.9 cm³/mol. The first-order valence-corrected chi connectivity index (χ1v) is 9.79. The van der Waals surface area contributed by atoms with Crippen LogP contribution in [-0.4, -0.2) is 39.8 Å². The minimum absolute atomic E-state index is 0.359. The SMILES string of the molecule is COCCN(Cc1ccc(S(C)(=O)=O)cc1)Cc1cccs1. The van der Waals surface area contributed by atoms with Crippen LogP contribution in [0.15, 0.2) is 46.7 Å². The second-order valence-corrected chi connectivity index (χ2v) is 8.25. The zero-order chi connectivity index (χ0) is 16.0. The summed E-state index contributed by atoms with van der Waals surface area (Å²) in [6, 6.07) is 11.3. The molecule has 120 valence electrons. The molecule has 0 unspecified atom stereocenters. The highest BCUT2D eigenvalue weighted by Crippen LogP contribution is 2.16. The van der Waals surface area contributed by atoms with Crippen LogP contribution in [0.1, 0.15) is 10.4 Å². The Bertz CT molecular complexity index is 664. The highest BCUT2D eigenvalue weighted by Gasteiger charge is 2.10. The van der Waals surface area contributed by atoms with Crippen LogP contribution in [0, 0.1) is 0 Å². The van der Waals surface area contributed by atoms with Gasteiger partial charge in [-0.25, -0.2) is 8.42 Å². The largest absolute Gasteiger partial charge is 0.383 e. The van der Waals surface area contributed by atoms with E-state index in [2.05, 4.69) is 22.4 Å². The van der Waals surface area contributed by atoms with E-state index < -0.39 is 9.84 Å². The van der Waals surface area contributed by atoms with Gasteiger partial charge in [-0.1, -0.05) is 18.2 Å². The number of methoxy groups -OCH3 is 1. The minimum atomic E-state index is -3.14. The van der Waals surface area contributed by atoms with Crippen LogP contribution in [0.2, 0.25) is 0 Å². The lowest BCUT2D eigenvalue weighted by atomic mass is 10.2. The number of hydrogen-bond donors (Lipinski definition) is 0. The van der Waals surface area contributed by atoms with Crippen LogP contribution >= 0.6 is 11.3 Å². The Morgan fingerprint density at radius 2 is 1.86 bits per heavy atom. The van der Waals surface area contributed by atoms with Crippen LogP contribution in [0.5, 0.6) is 0 Å². The van der Waals surface area contributed by atoms with E-state index in [1.165, 1.54) is 11.1 Å². The molecule has 0 aliphatic heterocycles. The first kappa shape index (κ1) is 17.1. The van der Waals surface area contributed by atoms with Gasteiger partial charge < -0.3 is 4.74 Å². The van der Waals surface area contributed by atoms with Gasteiger partial charge in [0.05, 0.1) is 11.5 Å². The van der Waals surface area contributed by atoms with Crippen molar-refractivity contribution in [1.29, 1.82) is 0 Å². The summed E-state index contributed by atoms with van der Waals surface area (Å²) in [5.41, 5.74) is 1.10. The van der Waals surface area contributed by atoms with Crippen LogP contribution in [0.3, 0.4) is 0 Å². The van der Waals surface area contributed by atoms with Crippen molar-refractivity contribution >= 4 is 21.2 Å². The van der Waals surface area contributed by atoms with Gasteiger partial charge in [0.15, 0.2) is 9.84 Å². The van der Waals surface area contributed by atoms with Gasteiger partial charge in [0, 0.05) is 37.9 Å². The lowest BCUT2D eigenvalue weighted by molar-refractivity contribution is 0.140. The Morgan fingerprint density at radius 1 is 1.14 bits per heavy atom. The van der Waals surface area contributed by atoms with Gasteiger partial charge in [-0.3, -0.25) is 4.90 Å². The van der Waals surface area contributed by atoms with Crippen molar-refractivity contribution in [3.8, 4) is 0 Å². The maximum Gasteiger partial charge on any atom is 0.175 e. The number of rotatable bonds is 8. The summed E-state index contributed by atoms with van der Waals surface area (Å²) in [4.78, 5) is 3.96. The molecule has 6 heteroatoms. The number of ether oxygens (including phenoxy) is 1. The molecule has 1 aromatic heterocycles. The van der Waals surface area contributed by atoms with Crippen molar-refractivity contribution in [2.24, 2.45) is 0 Å². The summed E-state index contributed by atoms with van der Waals surface area (Å²) in [5, 5.41) is 2.07. The molecule has 4 nitrogen and oxygen atoms in total. The standard InChI is InChI=1S/C16H21NO3S2/c1-20-10-9-17(13-15-4-3-11-21-15)12-14-5-7-16(8-6-14)22(2,18)19/h3-8,11H,9-10,12-13H2,1-2H3. The van der Waals surface area contributed by atoms with Gasteiger partial charge in [0.2, 0.25) is 0 Å². The second kappa shape index (κ2) is 7.87. The van der Waals surface area contributed by atoms with E-state index in [9.17, 15) is 8.42 Å². The molecule has 1 aromatic carbocycles. The number of nitrogens with zero attached hydrogens (tertiary/aromatic N) is 1. The van der Waals surface area contributed by atoms with Crippen LogP contribution in [-0.2, 0) is 27.7 Å². The Balaban J connectivity index is 2.05. The summed E-state index contributed by atoms with van der Waals surface area (Å²) in [6.07, 6.45) is 1.23. The Labute approximate surface area is 136 Å². The molecule has 0 aliphatic carbocycles. The zero-order valence-electron chi connectivity index (χ0n) is 12.9. The summed E-state index contributed by atoms with van der Waals surface area (Å²) in [5.74, 6) is 0. The topological polar surface area (TPSA) is 46.6 Å². The molecule has 0 amide bonds. The van der Waals surface area contributed by atoms with Gasteiger partial charge in [0.25, 0.3) is 0 Å². The van der Waals surface area contributed by atoms with Crippen LogP contribution in [0.4, 0.5) is 0 Å². The number of thiophene rings is 1. The van der Waals surface area contributed by atoms with E-state index in [4.69, 9.17) is 4.74 Å². The van der Waals surface area contributed by atoms with Gasteiger partial charge in [-0.2, -0.15) is 0 Å². The molecular weight excluding hydrogens is 318 g/mol. The monoisotopic (exact) mass is 339 g/mol. The van der Waals surface area contributed by atoms with Crippen molar-refractivity contribution < 1.29 is 13.2 Å². The molecule has 0 atom stereocenters. The molecule has 0 fully saturated rings. The third-order valence-corrected chi connectivity index (χ3v) is 5.32. The summed E-state index contributed by atoms with van der Waals surface area (Å²) in [6.45, 7) is 3.15. The number of hydrogen-bond acceptors (Lipinski definition) is 5. The molecule has 0 radical (unpaired) electrons. The maximum atomic E-state index is 11.5. The van der Waals surface area contributed by atoms with E-state index in [1.54, 1.807) is 30.6 Å². The summed E-state index contributed by atoms with van der Waals surface area (Å²) < 4.78 is 28.2. The lowest BCUT2D eigenvalue weighted by Gasteiger charge is -2.21. The van der Waals surface area contributed by atoms with E-state index in [1.807, 2.05) is 12.1 Å². The molecule has 0 bridgehead atoms. The highest BCUT2D eigenvalue weighted by atomic mass is 32.2. The third kappa shape index (κ3) is 5.21. The van der Waals surface area contributed by atoms with Crippen molar-refractivity contribution in [2.75, 3.05) is 26.5 Å². The Hall–Kier alpha value is -1.21. The van der Waals surface area contributed by atoms with Crippen LogP contribution in [0.25, 0.3) is 0 Å². The Kier molecular flexibility index (Phi) is 6.14. The molecule has 22 heavy (non-hydrogen) atoms. The molecule has 2 aromatic rings. The fourth-order valence-corrected chi connectivity index (χ4v) is 3.53. The van der Waals surface area contributed by atoms with Crippen molar-refractivity contribution in [2.45, 2.75) is 18.0 Å². The summed E-state index contributed by atoms with van der Waals surface area (Å²) in [7, 11) is -1.44. The van der Waals surface area contributed by atoms with Crippen molar-refractivity contribution in [3.63, 3.8) is 0 Å². The average molecular weight is 339 g/mol. The number of benzene rings is 1. The molecular formula is C16H21NO3S2. The molecule has 0 saturated heterocycles. The van der Waals surface area contributed by atoms with Gasteiger partial charge in [-0.15, -0.1) is 11.3 Å². The van der Waals surface area contributed by atoms with E-state index in [-0.39, 0.29) is 0 Å². The van der Waals surface area contributed by atoms with Crippen molar-refractivity contribution in [1.82, 2.24) is 4.90 Å². The van der Waals surface area contributed by atoms with Crippen molar-refractivity contribution in [3.05, 3.63) is 52.2 Å². The lowest BCUT2D eigenvalue weighted by Crippen LogP contribution is -2.26. The first-order chi connectivity index (χ1) is 10.5. The average Bonchev–Trinajstić information content (AvgIpc) is 2.97. The first-order valence-electron chi connectivity index (χ1n) is 7.01. The highest BCUT2D eigenvalue weighted by molar-refractivity contribution is 7.90. The quantitative estimate of drug-likeness (QED) is 0.742.